The van der Waals surface area contributed by atoms with Gasteiger partial charge in [-0.05, 0) is 42.4 Å². The minimum atomic E-state index is -0.0958. The van der Waals surface area contributed by atoms with Crippen molar-refractivity contribution < 1.29 is 4.79 Å². The molecule has 6 atom stereocenters. The summed E-state index contributed by atoms with van der Waals surface area (Å²) in [6, 6.07) is 0. The van der Waals surface area contributed by atoms with Gasteiger partial charge in [-0.15, -0.1) is 0 Å². The van der Waals surface area contributed by atoms with Crippen LogP contribution in [0.15, 0.2) is 23.8 Å². The summed E-state index contributed by atoms with van der Waals surface area (Å²) in [5.41, 5.74) is 1.44. The quantitative estimate of drug-likeness (QED) is 0.580. The molecular weight excluding hydrogens is 208 g/mol. The predicted octanol–water partition coefficient (Wildman–Crippen LogP) is 2.98. The monoisotopic (exact) mass is 226 g/mol. The average molecular weight is 226 g/mol. The van der Waals surface area contributed by atoms with Crippen molar-refractivity contribution in [3.8, 4) is 0 Å². The van der Waals surface area contributed by atoms with Gasteiger partial charge in [-0.2, -0.15) is 0 Å². The molecule has 3 saturated carbocycles. The van der Waals surface area contributed by atoms with Crippen LogP contribution in [0.2, 0.25) is 0 Å². The first-order valence-electron chi connectivity index (χ1n) is 7.01. The van der Waals surface area contributed by atoms with Crippen LogP contribution in [0.25, 0.3) is 0 Å². The molecule has 0 radical (unpaired) electrons. The lowest BCUT2D eigenvalue weighted by Gasteiger charge is -2.32. The van der Waals surface area contributed by atoms with Crippen LogP contribution in [0.5, 0.6) is 0 Å². The summed E-state index contributed by atoms with van der Waals surface area (Å²) in [5.74, 6) is 4.10. The molecular formula is C16H18O. The lowest BCUT2D eigenvalue weighted by atomic mass is 9.68. The predicted molar refractivity (Wildman–Crippen MR) is 65.1 cm³/mol. The van der Waals surface area contributed by atoms with Crippen molar-refractivity contribution >= 4 is 5.78 Å². The number of rotatable bonds is 0. The summed E-state index contributed by atoms with van der Waals surface area (Å²) in [7, 11) is 0. The molecule has 0 unspecified atom stereocenters. The van der Waals surface area contributed by atoms with Gasteiger partial charge in [0.05, 0.1) is 5.41 Å². The molecule has 0 aromatic heterocycles. The Balaban J connectivity index is 1.81. The van der Waals surface area contributed by atoms with E-state index in [4.69, 9.17) is 0 Å². The molecule has 3 fully saturated rings. The zero-order valence-corrected chi connectivity index (χ0v) is 10.4. The van der Waals surface area contributed by atoms with Gasteiger partial charge in [0.1, 0.15) is 5.78 Å². The number of allylic oxidation sites excluding steroid dienone is 4. The molecule has 1 spiro atoms. The van der Waals surface area contributed by atoms with E-state index in [0.717, 1.165) is 18.3 Å². The maximum atomic E-state index is 13.0. The van der Waals surface area contributed by atoms with E-state index < -0.39 is 0 Å². The molecule has 6 aliphatic rings. The molecule has 17 heavy (non-hydrogen) atoms. The molecule has 1 heteroatoms. The third kappa shape index (κ3) is 0.701. The van der Waals surface area contributed by atoms with Gasteiger partial charge in [0.15, 0.2) is 0 Å². The van der Waals surface area contributed by atoms with Gasteiger partial charge in [-0.25, -0.2) is 0 Å². The third-order valence-corrected chi connectivity index (χ3v) is 6.43. The van der Waals surface area contributed by atoms with Crippen LogP contribution in [0, 0.1) is 40.4 Å². The first-order chi connectivity index (χ1) is 8.07. The molecule has 0 aliphatic heterocycles. The van der Waals surface area contributed by atoms with Crippen molar-refractivity contribution in [3.63, 3.8) is 0 Å². The Kier molecular flexibility index (Phi) is 1.18. The summed E-state index contributed by atoms with van der Waals surface area (Å²) in [4.78, 5) is 13.0. The van der Waals surface area contributed by atoms with Crippen LogP contribution < -0.4 is 0 Å². The highest BCUT2D eigenvalue weighted by atomic mass is 16.1. The van der Waals surface area contributed by atoms with Crippen LogP contribution >= 0.6 is 0 Å². The Hall–Kier alpha value is -0.850. The molecule has 6 bridgehead atoms. The zero-order chi connectivity index (χ0) is 11.6. The van der Waals surface area contributed by atoms with Gasteiger partial charge >= 0.3 is 0 Å². The van der Waals surface area contributed by atoms with Crippen LogP contribution in [0.1, 0.15) is 26.7 Å². The Bertz CT molecular complexity index is 524. The van der Waals surface area contributed by atoms with Gasteiger partial charge in [-0.1, -0.05) is 37.6 Å². The van der Waals surface area contributed by atoms with E-state index in [1.807, 2.05) is 0 Å². The number of carbonyl (C=O) groups is 1. The van der Waals surface area contributed by atoms with Crippen molar-refractivity contribution in [1.82, 2.24) is 0 Å². The summed E-state index contributed by atoms with van der Waals surface area (Å²) >= 11 is 0. The Morgan fingerprint density at radius 1 is 1.29 bits per heavy atom. The van der Waals surface area contributed by atoms with Crippen molar-refractivity contribution in [3.05, 3.63) is 23.8 Å². The van der Waals surface area contributed by atoms with Gasteiger partial charge in [0.2, 0.25) is 0 Å². The smallest absolute Gasteiger partial charge is 0.149 e. The molecule has 0 aromatic carbocycles. The second-order valence-electron chi connectivity index (χ2n) is 7.52. The van der Waals surface area contributed by atoms with E-state index >= 15 is 0 Å². The summed E-state index contributed by atoms with van der Waals surface area (Å²) in [6.07, 6.45) is 9.65. The second-order valence-corrected chi connectivity index (χ2v) is 7.52. The average Bonchev–Trinajstić information content (AvgIpc) is 2.72. The SMILES string of the molecule is CC1(C)CC2=C[C@@H]3C=C[C@H]4[C@H]5C[C@@H]3[C@]2(C1=O)[C@@H]45. The van der Waals surface area contributed by atoms with Crippen molar-refractivity contribution in [2.75, 3.05) is 0 Å². The zero-order valence-electron chi connectivity index (χ0n) is 10.4. The molecule has 6 rings (SSSR count). The Labute approximate surface area is 102 Å². The number of Topliss-reactive ketones (excluding diaryl/α,β-unsaturated/α-hetero) is 1. The summed E-state index contributed by atoms with van der Waals surface area (Å²) in [5, 5.41) is 0. The minimum Gasteiger partial charge on any atom is -0.298 e. The standard InChI is InChI=1S/C16H18O/c1-15(2)7-9-5-8-3-4-10-11-6-12(8)16(9,13(10)11)14(15)17/h3-5,8,10-13H,6-7H2,1-2H3/t8-,10-,11+,12-,13-,16-/m0/s1. The summed E-state index contributed by atoms with van der Waals surface area (Å²) in [6.45, 7) is 4.32. The molecule has 0 amide bonds. The fourth-order valence-corrected chi connectivity index (χ4v) is 5.97. The highest BCUT2D eigenvalue weighted by molar-refractivity contribution is 5.98. The van der Waals surface area contributed by atoms with Gasteiger partial charge in [0, 0.05) is 5.41 Å². The largest absolute Gasteiger partial charge is 0.298 e. The van der Waals surface area contributed by atoms with Crippen LogP contribution in [0.4, 0.5) is 0 Å². The molecule has 0 heterocycles. The van der Waals surface area contributed by atoms with Crippen molar-refractivity contribution in [2.45, 2.75) is 26.7 Å². The fourth-order valence-electron chi connectivity index (χ4n) is 5.97. The first-order valence-corrected chi connectivity index (χ1v) is 7.01. The number of carbonyl (C=O) groups excluding carboxylic acids is 1. The Morgan fingerprint density at radius 2 is 2.12 bits per heavy atom. The second kappa shape index (κ2) is 2.20. The molecule has 0 N–H and O–H groups in total. The van der Waals surface area contributed by atoms with Crippen LogP contribution in [-0.2, 0) is 4.79 Å². The van der Waals surface area contributed by atoms with E-state index in [1.54, 1.807) is 0 Å². The lowest BCUT2D eigenvalue weighted by Crippen LogP contribution is -2.39. The topological polar surface area (TPSA) is 17.1 Å². The van der Waals surface area contributed by atoms with Crippen LogP contribution in [-0.4, -0.2) is 5.78 Å². The van der Waals surface area contributed by atoms with Gasteiger partial charge < -0.3 is 0 Å². The maximum absolute atomic E-state index is 13.0. The van der Waals surface area contributed by atoms with E-state index in [9.17, 15) is 4.79 Å². The number of hydrogen-bond donors (Lipinski definition) is 0. The lowest BCUT2D eigenvalue weighted by molar-refractivity contribution is -0.134. The fraction of sp³-hybridized carbons (Fsp3) is 0.688. The number of hydrogen-bond acceptors (Lipinski definition) is 1. The van der Waals surface area contributed by atoms with E-state index in [0.29, 0.717) is 23.5 Å². The van der Waals surface area contributed by atoms with Gasteiger partial charge in [-0.3, -0.25) is 4.79 Å². The maximum Gasteiger partial charge on any atom is 0.149 e. The molecule has 6 aliphatic carbocycles. The normalized spacial score (nSPS) is 59.1. The molecule has 0 aromatic rings. The van der Waals surface area contributed by atoms with E-state index in [-0.39, 0.29) is 10.8 Å². The van der Waals surface area contributed by atoms with E-state index in [2.05, 4.69) is 32.1 Å². The van der Waals surface area contributed by atoms with Crippen molar-refractivity contribution in [2.24, 2.45) is 40.4 Å². The third-order valence-electron chi connectivity index (χ3n) is 6.43. The van der Waals surface area contributed by atoms with Gasteiger partial charge in [0.25, 0.3) is 0 Å². The number of ketones is 1. The highest BCUT2D eigenvalue weighted by Gasteiger charge is 2.78. The molecule has 88 valence electrons. The van der Waals surface area contributed by atoms with Crippen LogP contribution in [0.3, 0.4) is 0 Å². The summed E-state index contributed by atoms with van der Waals surface area (Å²) < 4.78 is 0. The molecule has 1 nitrogen and oxygen atoms in total. The van der Waals surface area contributed by atoms with E-state index in [1.165, 1.54) is 12.0 Å². The first kappa shape index (κ1) is 9.13. The van der Waals surface area contributed by atoms with Crippen molar-refractivity contribution in [1.29, 1.82) is 0 Å². The minimum absolute atomic E-state index is 0.00694. The Morgan fingerprint density at radius 3 is 2.94 bits per heavy atom. The molecule has 0 saturated heterocycles. The highest BCUT2D eigenvalue weighted by Crippen LogP contribution is 2.80.